The molecule has 2 rings (SSSR count). The number of aliphatic hydroxyl groups is 1. The maximum Gasteiger partial charge on any atom is 0.573 e. The second kappa shape index (κ2) is 8.15. The Morgan fingerprint density at radius 2 is 2.04 bits per heavy atom. The molecule has 1 aromatic carbocycles. The number of aromatic nitrogens is 2. The minimum atomic E-state index is -4.74. The molecule has 0 aliphatic carbocycles. The molecule has 0 spiro atoms. The van der Waals surface area contributed by atoms with Crippen LogP contribution >= 0.6 is 0 Å². The normalized spacial score (nSPS) is 14.0. The van der Waals surface area contributed by atoms with E-state index in [4.69, 9.17) is 0 Å². The fourth-order valence-corrected chi connectivity index (χ4v) is 2.22. The van der Waals surface area contributed by atoms with Gasteiger partial charge < -0.3 is 15.2 Å². The van der Waals surface area contributed by atoms with E-state index in [1.165, 1.54) is 35.1 Å². The summed E-state index contributed by atoms with van der Waals surface area (Å²) in [6.45, 7) is 2.01. The van der Waals surface area contributed by atoms with Gasteiger partial charge in [0.2, 0.25) is 0 Å². The standard InChI is InChI=1S/C15H17F3N4O4/c1-10(11-2-4-14(5-3-11)26-15(16,17)18)19-7-13(23)9-21-8-12(6-20-21)22(24)25/h2-6,8,10,13,19,23H,7,9H2,1H3/t10-,13?/m0/s1. The van der Waals surface area contributed by atoms with Gasteiger partial charge in [0.1, 0.15) is 18.1 Å². The predicted molar refractivity (Wildman–Crippen MR) is 84.4 cm³/mol. The minimum absolute atomic E-state index is 0.0614. The zero-order valence-electron chi connectivity index (χ0n) is 13.7. The summed E-state index contributed by atoms with van der Waals surface area (Å²) >= 11 is 0. The number of nitro groups is 1. The van der Waals surface area contributed by atoms with Crippen LogP contribution in [0.15, 0.2) is 36.7 Å². The summed E-state index contributed by atoms with van der Waals surface area (Å²) in [5.74, 6) is -0.311. The third kappa shape index (κ3) is 6.01. The van der Waals surface area contributed by atoms with Crippen molar-refractivity contribution < 1.29 is 27.9 Å². The number of benzene rings is 1. The Hall–Kier alpha value is -2.66. The molecule has 0 bridgehead atoms. The quantitative estimate of drug-likeness (QED) is 0.543. The molecule has 1 heterocycles. The zero-order valence-corrected chi connectivity index (χ0v) is 13.7. The van der Waals surface area contributed by atoms with Gasteiger partial charge >= 0.3 is 12.0 Å². The number of ether oxygens (including phenoxy) is 1. The van der Waals surface area contributed by atoms with E-state index in [0.717, 1.165) is 6.20 Å². The van der Waals surface area contributed by atoms with Crippen molar-refractivity contribution in [3.8, 4) is 5.75 Å². The summed E-state index contributed by atoms with van der Waals surface area (Å²) in [5.41, 5.74) is 0.543. The van der Waals surface area contributed by atoms with Crippen molar-refractivity contribution in [2.45, 2.75) is 32.0 Å². The Morgan fingerprint density at radius 1 is 1.38 bits per heavy atom. The van der Waals surface area contributed by atoms with Crippen molar-refractivity contribution in [1.29, 1.82) is 0 Å². The van der Waals surface area contributed by atoms with Gasteiger partial charge in [-0.15, -0.1) is 13.2 Å². The molecule has 11 heteroatoms. The lowest BCUT2D eigenvalue weighted by Crippen LogP contribution is -2.32. The first-order chi connectivity index (χ1) is 12.1. The van der Waals surface area contributed by atoms with Gasteiger partial charge in [-0.1, -0.05) is 12.1 Å². The van der Waals surface area contributed by atoms with Gasteiger partial charge in [-0.3, -0.25) is 14.8 Å². The van der Waals surface area contributed by atoms with Gasteiger partial charge in [-0.2, -0.15) is 5.10 Å². The van der Waals surface area contributed by atoms with Gasteiger partial charge in [-0.25, -0.2) is 0 Å². The highest BCUT2D eigenvalue weighted by Crippen LogP contribution is 2.24. The van der Waals surface area contributed by atoms with Crippen LogP contribution in [0.3, 0.4) is 0 Å². The van der Waals surface area contributed by atoms with Gasteiger partial charge in [0.05, 0.1) is 17.6 Å². The van der Waals surface area contributed by atoms with Crippen LogP contribution in [-0.2, 0) is 6.54 Å². The number of hydrogen-bond donors (Lipinski definition) is 2. The Morgan fingerprint density at radius 3 is 2.58 bits per heavy atom. The number of nitrogens with zero attached hydrogens (tertiary/aromatic N) is 3. The topological polar surface area (TPSA) is 102 Å². The van der Waals surface area contributed by atoms with Crippen LogP contribution in [0.1, 0.15) is 18.5 Å². The number of rotatable bonds is 8. The predicted octanol–water partition coefficient (Wildman–Crippen LogP) is 2.40. The second-order valence-corrected chi connectivity index (χ2v) is 5.58. The summed E-state index contributed by atoms with van der Waals surface area (Å²) < 4.78 is 41.4. The molecule has 0 saturated heterocycles. The van der Waals surface area contributed by atoms with Crippen LogP contribution in [-0.4, -0.2) is 38.8 Å². The Labute approximate surface area is 146 Å². The first-order valence-corrected chi connectivity index (χ1v) is 7.58. The Balaban J connectivity index is 1.83. The Kier molecular flexibility index (Phi) is 6.16. The molecule has 0 fully saturated rings. The lowest BCUT2D eigenvalue weighted by Gasteiger charge is -2.18. The summed E-state index contributed by atoms with van der Waals surface area (Å²) in [6.07, 6.45) is -3.29. The molecular weight excluding hydrogens is 357 g/mol. The van der Waals surface area contributed by atoms with E-state index in [-0.39, 0.29) is 30.6 Å². The van der Waals surface area contributed by atoms with Crippen LogP contribution in [0.25, 0.3) is 0 Å². The fraction of sp³-hybridized carbons (Fsp3) is 0.400. The molecule has 142 valence electrons. The molecule has 2 aromatic rings. The lowest BCUT2D eigenvalue weighted by atomic mass is 10.1. The molecule has 1 unspecified atom stereocenters. The van der Waals surface area contributed by atoms with Crippen LogP contribution in [0.5, 0.6) is 5.75 Å². The SMILES string of the molecule is C[C@H](NCC(O)Cn1cc([N+](=O)[O-])cn1)c1ccc(OC(F)(F)F)cc1. The van der Waals surface area contributed by atoms with Crippen molar-refractivity contribution in [2.24, 2.45) is 0 Å². The van der Waals surface area contributed by atoms with Crippen molar-refractivity contribution in [3.63, 3.8) is 0 Å². The van der Waals surface area contributed by atoms with Crippen LogP contribution < -0.4 is 10.1 Å². The maximum atomic E-state index is 12.1. The highest BCUT2D eigenvalue weighted by Gasteiger charge is 2.31. The molecule has 8 nitrogen and oxygen atoms in total. The van der Waals surface area contributed by atoms with Gasteiger partial charge in [0.25, 0.3) is 0 Å². The molecule has 1 aromatic heterocycles. The van der Waals surface area contributed by atoms with E-state index in [0.29, 0.717) is 5.56 Å². The highest BCUT2D eigenvalue weighted by molar-refractivity contribution is 5.29. The van der Waals surface area contributed by atoms with Gasteiger partial charge in [-0.05, 0) is 24.6 Å². The largest absolute Gasteiger partial charge is 0.573 e. The monoisotopic (exact) mass is 374 g/mol. The van der Waals surface area contributed by atoms with Crippen LogP contribution in [0.4, 0.5) is 18.9 Å². The number of nitrogens with one attached hydrogen (secondary N) is 1. The minimum Gasteiger partial charge on any atom is -0.406 e. The number of halogens is 3. The molecule has 0 radical (unpaired) electrons. The summed E-state index contributed by atoms with van der Waals surface area (Å²) in [4.78, 5) is 10.00. The lowest BCUT2D eigenvalue weighted by molar-refractivity contribution is -0.385. The first kappa shape index (κ1) is 19.7. The molecular formula is C15H17F3N4O4. The van der Waals surface area contributed by atoms with Gasteiger partial charge in [0.15, 0.2) is 0 Å². The number of alkyl halides is 3. The molecule has 0 saturated carbocycles. The van der Waals surface area contributed by atoms with E-state index in [1.54, 1.807) is 6.92 Å². The van der Waals surface area contributed by atoms with Gasteiger partial charge in [0, 0.05) is 12.6 Å². The average molecular weight is 374 g/mol. The first-order valence-electron chi connectivity index (χ1n) is 7.58. The van der Waals surface area contributed by atoms with Crippen LogP contribution in [0.2, 0.25) is 0 Å². The molecule has 0 aliphatic rings. The zero-order chi connectivity index (χ0) is 19.3. The van der Waals surface area contributed by atoms with E-state index >= 15 is 0 Å². The number of hydrogen-bond acceptors (Lipinski definition) is 6. The summed E-state index contributed by atoms with van der Waals surface area (Å²) in [7, 11) is 0. The van der Waals surface area contributed by atoms with Crippen LogP contribution in [0, 0.1) is 10.1 Å². The molecule has 2 atom stereocenters. The van der Waals surface area contributed by atoms with E-state index < -0.39 is 17.4 Å². The van der Waals surface area contributed by atoms with Crippen molar-refractivity contribution in [2.75, 3.05) is 6.54 Å². The van der Waals surface area contributed by atoms with E-state index in [2.05, 4.69) is 15.2 Å². The third-order valence-corrected chi connectivity index (χ3v) is 3.50. The maximum absolute atomic E-state index is 12.1. The molecule has 0 amide bonds. The summed E-state index contributed by atoms with van der Waals surface area (Å²) in [5, 5.41) is 27.4. The molecule has 0 aliphatic heterocycles. The average Bonchev–Trinajstić information content (AvgIpc) is 3.00. The third-order valence-electron chi connectivity index (χ3n) is 3.50. The van der Waals surface area contributed by atoms with Crippen molar-refractivity contribution >= 4 is 5.69 Å². The summed E-state index contributed by atoms with van der Waals surface area (Å²) in [6, 6.07) is 5.15. The number of aliphatic hydroxyl groups excluding tert-OH is 1. The smallest absolute Gasteiger partial charge is 0.406 e. The Bertz CT molecular complexity index is 733. The van der Waals surface area contributed by atoms with Crippen molar-refractivity contribution in [3.05, 3.63) is 52.3 Å². The highest BCUT2D eigenvalue weighted by atomic mass is 19.4. The molecule has 26 heavy (non-hydrogen) atoms. The van der Waals surface area contributed by atoms with E-state index in [1.807, 2.05) is 0 Å². The fourth-order valence-electron chi connectivity index (χ4n) is 2.22. The van der Waals surface area contributed by atoms with Crippen molar-refractivity contribution in [1.82, 2.24) is 15.1 Å². The van der Waals surface area contributed by atoms with E-state index in [9.17, 15) is 28.4 Å². The molecule has 2 N–H and O–H groups in total. The second-order valence-electron chi connectivity index (χ2n) is 5.58.